The second-order valence-electron chi connectivity index (χ2n) is 6.05. The number of piperazine rings is 1. The monoisotopic (exact) mass is 266 g/mol. The number of nitrogens with one attached hydrogen (secondary N) is 1. The number of hydrogen-bond acceptors (Lipinski definition) is 4. The average Bonchev–Trinajstić information content (AvgIpc) is 2.78. The molecule has 1 aliphatic heterocycles. The third-order valence-corrected chi connectivity index (χ3v) is 3.27. The van der Waals surface area contributed by atoms with Gasteiger partial charge in [-0.25, -0.2) is 4.79 Å². The Bertz CT molecular complexity index is 442. The first-order valence-corrected chi connectivity index (χ1v) is 6.58. The number of carbonyl (C=O) groups excluding carboxylic acids is 1. The molecule has 6 nitrogen and oxygen atoms in total. The average molecular weight is 266 g/mol. The van der Waals surface area contributed by atoms with Crippen LogP contribution in [0.4, 0.5) is 10.6 Å². The Labute approximate surface area is 113 Å². The van der Waals surface area contributed by atoms with Crippen molar-refractivity contribution in [2.45, 2.75) is 26.2 Å². The second-order valence-corrected chi connectivity index (χ2v) is 6.05. The van der Waals surface area contributed by atoms with Crippen molar-refractivity contribution in [2.24, 2.45) is 0 Å². The van der Waals surface area contributed by atoms with E-state index >= 15 is 0 Å². The van der Waals surface area contributed by atoms with Gasteiger partial charge in [-0.05, 0) is 7.05 Å². The van der Waals surface area contributed by atoms with Gasteiger partial charge in [0, 0.05) is 37.7 Å². The number of likely N-dealkylation sites (N-methyl/N-ethyl adjacent to an activating group) is 1. The molecule has 1 aliphatic rings. The maximum atomic E-state index is 12.0. The number of nitrogens with zero attached hydrogens (tertiary/aromatic N) is 3. The summed E-state index contributed by atoms with van der Waals surface area (Å²) in [6.45, 7) is 9.41. The summed E-state index contributed by atoms with van der Waals surface area (Å²) in [7, 11) is 2.06. The SMILES string of the molecule is CN1CCN(C(=O)Nc2cc(C(C)(C)C)on2)CC1. The van der Waals surface area contributed by atoms with Crippen LogP contribution in [-0.4, -0.2) is 54.2 Å². The van der Waals surface area contributed by atoms with Gasteiger partial charge in [0.05, 0.1) is 0 Å². The van der Waals surface area contributed by atoms with E-state index in [1.807, 2.05) is 20.8 Å². The van der Waals surface area contributed by atoms with E-state index in [2.05, 4.69) is 22.4 Å². The molecule has 0 bridgehead atoms. The number of hydrogen-bond donors (Lipinski definition) is 1. The molecule has 0 radical (unpaired) electrons. The van der Waals surface area contributed by atoms with E-state index in [1.54, 1.807) is 11.0 Å². The Morgan fingerprint density at radius 1 is 1.32 bits per heavy atom. The Hall–Kier alpha value is -1.56. The number of anilines is 1. The van der Waals surface area contributed by atoms with Crippen LogP contribution in [0.1, 0.15) is 26.5 Å². The van der Waals surface area contributed by atoms with Gasteiger partial charge in [-0.1, -0.05) is 25.9 Å². The zero-order chi connectivity index (χ0) is 14.0. The first-order chi connectivity index (χ1) is 8.86. The minimum atomic E-state index is -0.109. The lowest BCUT2D eigenvalue weighted by molar-refractivity contribution is 0.164. The molecule has 0 atom stereocenters. The van der Waals surface area contributed by atoms with E-state index in [0.29, 0.717) is 5.82 Å². The van der Waals surface area contributed by atoms with Gasteiger partial charge in [-0.3, -0.25) is 5.32 Å². The molecule has 106 valence electrons. The van der Waals surface area contributed by atoms with E-state index in [4.69, 9.17) is 4.52 Å². The lowest BCUT2D eigenvalue weighted by Gasteiger charge is -2.32. The van der Waals surface area contributed by atoms with Crippen LogP contribution in [0.15, 0.2) is 10.6 Å². The van der Waals surface area contributed by atoms with Crippen LogP contribution in [-0.2, 0) is 5.41 Å². The van der Waals surface area contributed by atoms with Gasteiger partial charge in [-0.15, -0.1) is 0 Å². The Morgan fingerprint density at radius 2 is 1.95 bits per heavy atom. The lowest BCUT2D eigenvalue weighted by Crippen LogP contribution is -2.48. The second kappa shape index (κ2) is 5.21. The molecule has 1 aromatic heterocycles. The standard InChI is InChI=1S/C13H22N4O2/c1-13(2,3)10-9-11(15-19-10)14-12(18)17-7-5-16(4)6-8-17/h9H,5-8H2,1-4H3,(H,14,15,18). The molecule has 0 saturated carbocycles. The summed E-state index contributed by atoms with van der Waals surface area (Å²) in [6, 6.07) is 1.68. The number of carbonyl (C=O) groups is 1. The molecule has 1 N–H and O–H groups in total. The minimum absolute atomic E-state index is 0.107. The first-order valence-electron chi connectivity index (χ1n) is 6.58. The van der Waals surface area contributed by atoms with Gasteiger partial charge in [-0.2, -0.15) is 0 Å². The van der Waals surface area contributed by atoms with Gasteiger partial charge in [0.2, 0.25) is 0 Å². The fourth-order valence-corrected chi connectivity index (χ4v) is 1.89. The van der Waals surface area contributed by atoms with Gasteiger partial charge in [0.15, 0.2) is 5.82 Å². The van der Waals surface area contributed by atoms with Crippen molar-refractivity contribution in [3.63, 3.8) is 0 Å². The normalized spacial score (nSPS) is 17.6. The highest BCUT2D eigenvalue weighted by Crippen LogP contribution is 2.24. The smallest absolute Gasteiger partial charge is 0.323 e. The topological polar surface area (TPSA) is 61.6 Å². The summed E-state index contributed by atoms with van der Waals surface area (Å²) >= 11 is 0. The van der Waals surface area contributed by atoms with Crippen LogP contribution in [0.25, 0.3) is 0 Å². The number of amides is 2. The first kappa shape index (κ1) is 13.9. The van der Waals surface area contributed by atoms with Crippen molar-refractivity contribution >= 4 is 11.8 Å². The lowest BCUT2D eigenvalue weighted by atomic mass is 9.93. The van der Waals surface area contributed by atoms with Gasteiger partial charge < -0.3 is 14.3 Å². The third kappa shape index (κ3) is 3.47. The molecule has 0 spiro atoms. The van der Waals surface area contributed by atoms with Crippen molar-refractivity contribution in [2.75, 3.05) is 38.5 Å². The molecular formula is C13H22N4O2. The predicted octanol–water partition coefficient (Wildman–Crippen LogP) is 1.75. The van der Waals surface area contributed by atoms with Crippen molar-refractivity contribution in [1.82, 2.24) is 15.0 Å². The predicted molar refractivity (Wildman–Crippen MR) is 73.3 cm³/mol. The molecule has 1 saturated heterocycles. The van der Waals surface area contributed by atoms with Crippen LogP contribution >= 0.6 is 0 Å². The van der Waals surface area contributed by atoms with Crippen molar-refractivity contribution in [3.8, 4) is 0 Å². The van der Waals surface area contributed by atoms with Crippen molar-refractivity contribution in [1.29, 1.82) is 0 Å². The van der Waals surface area contributed by atoms with Crippen molar-refractivity contribution < 1.29 is 9.32 Å². The molecule has 1 aromatic rings. The van der Waals surface area contributed by atoms with E-state index in [0.717, 1.165) is 31.9 Å². The van der Waals surface area contributed by atoms with Crippen LogP contribution in [0.5, 0.6) is 0 Å². The highest BCUT2D eigenvalue weighted by molar-refractivity contribution is 5.88. The maximum absolute atomic E-state index is 12.0. The van der Waals surface area contributed by atoms with Crippen LogP contribution in [0.3, 0.4) is 0 Å². The van der Waals surface area contributed by atoms with Gasteiger partial charge in [0.1, 0.15) is 5.76 Å². The molecule has 2 rings (SSSR count). The number of rotatable bonds is 1. The summed E-state index contributed by atoms with van der Waals surface area (Å²) in [5.41, 5.74) is -0.107. The molecule has 1 fully saturated rings. The highest BCUT2D eigenvalue weighted by Gasteiger charge is 2.23. The molecule has 2 heterocycles. The summed E-state index contributed by atoms with van der Waals surface area (Å²) in [4.78, 5) is 16.1. The molecule has 19 heavy (non-hydrogen) atoms. The fraction of sp³-hybridized carbons (Fsp3) is 0.692. The van der Waals surface area contributed by atoms with Crippen LogP contribution in [0.2, 0.25) is 0 Å². The summed E-state index contributed by atoms with van der Waals surface area (Å²) in [6.07, 6.45) is 0. The Balaban J connectivity index is 1.94. The van der Waals surface area contributed by atoms with E-state index in [9.17, 15) is 4.79 Å². The van der Waals surface area contributed by atoms with E-state index < -0.39 is 0 Å². The Morgan fingerprint density at radius 3 is 2.47 bits per heavy atom. The van der Waals surface area contributed by atoms with Gasteiger partial charge >= 0.3 is 6.03 Å². The highest BCUT2D eigenvalue weighted by atomic mass is 16.5. The zero-order valence-electron chi connectivity index (χ0n) is 12.1. The van der Waals surface area contributed by atoms with Crippen LogP contribution in [0, 0.1) is 0 Å². The van der Waals surface area contributed by atoms with Gasteiger partial charge in [0.25, 0.3) is 0 Å². The van der Waals surface area contributed by atoms with E-state index in [-0.39, 0.29) is 11.4 Å². The number of aromatic nitrogens is 1. The molecule has 0 aliphatic carbocycles. The molecule has 0 unspecified atom stereocenters. The number of urea groups is 1. The largest absolute Gasteiger partial charge is 0.359 e. The fourth-order valence-electron chi connectivity index (χ4n) is 1.89. The molecule has 2 amide bonds. The maximum Gasteiger partial charge on any atom is 0.323 e. The van der Waals surface area contributed by atoms with Crippen molar-refractivity contribution in [3.05, 3.63) is 11.8 Å². The summed E-state index contributed by atoms with van der Waals surface area (Å²) in [5.74, 6) is 1.25. The summed E-state index contributed by atoms with van der Waals surface area (Å²) < 4.78 is 5.24. The Kier molecular flexibility index (Phi) is 3.80. The third-order valence-electron chi connectivity index (χ3n) is 3.27. The molecule has 6 heteroatoms. The molecular weight excluding hydrogens is 244 g/mol. The molecule has 0 aromatic carbocycles. The van der Waals surface area contributed by atoms with Crippen LogP contribution < -0.4 is 5.32 Å². The zero-order valence-corrected chi connectivity index (χ0v) is 12.1. The minimum Gasteiger partial charge on any atom is -0.359 e. The van der Waals surface area contributed by atoms with E-state index in [1.165, 1.54) is 0 Å². The summed E-state index contributed by atoms with van der Waals surface area (Å²) in [5, 5.41) is 6.67. The quantitative estimate of drug-likeness (QED) is 0.841.